The molecule has 4 rings (SSSR count). The molecule has 2 aromatic heterocycles. The van der Waals surface area contributed by atoms with Crippen LogP contribution in [0.2, 0.25) is 0 Å². The number of nitrogens with zero attached hydrogens (tertiary/aromatic N) is 3. The third-order valence-electron chi connectivity index (χ3n) is 4.22. The topological polar surface area (TPSA) is 70.9 Å². The summed E-state index contributed by atoms with van der Waals surface area (Å²) in [6.07, 6.45) is 0.789. The number of fused-ring (bicyclic) bond motifs is 2. The maximum absolute atomic E-state index is 9.09. The molecule has 0 fully saturated rings. The number of para-hydroxylation sites is 2. The van der Waals surface area contributed by atoms with Crippen LogP contribution in [0.1, 0.15) is 13.3 Å². The van der Waals surface area contributed by atoms with Crippen LogP contribution in [0.25, 0.3) is 21.1 Å². The van der Waals surface area contributed by atoms with Crippen molar-refractivity contribution in [2.75, 3.05) is 17.7 Å². The summed E-state index contributed by atoms with van der Waals surface area (Å²) in [6.45, 7) is 2.34. The molecule has 4 aromatic rings. The molecule has 0 radical (unpaired) electrons. The Morgan fingerprint density at radius 1 is 1.04 bits per heavy atom. The van der Waals surface area contributed by atoms with E-state index in [0.717, 1.165) is 49.4 Å². The molecule has 7 heteroatoms. The minimum absolute atomic E-state index is 0.213. The molecule has 2 N–H and O–H groups in total. The third-order valence-corrected chi connectivity index (χ3v) is 6.35. The van der Waals surface area contributed by atoms with E-state index in [1.807, 2.05) is 42.5 Å². The Morgan fingerprint density at radius 3 is 2.63 bits per heavy atom. The molecule has 0 amide bonds. The van der Waals surface area contributed by atoms with Crippen molar-refractivity contribution in [3.05, 3.63) is 48.5 Å². The highest BCUT2D eigenvalue weighted by Crippen LogP contribution is 2.31. The van der Waals surface area contributed by atoms with Crippen LogP contribution in [0.4, 0.5) is 10.9 Å². The van der Waals surface area contributed by atoms with E-state index in [0.29, 0.717) is 5.92 Å². The van der Waals surface area contributed by atoms with Gasteiger partial charge in [-0.05, 0) is 36.6 Å². The number of nitrogens with one attached hydrogen (secondary N) is 1. The number of hydrogen-bond acceptors (Lipinski definition) is 7. The van der Waals surface area contributed by atoms with Crippen LogP contribution >= 0.6 is 23.1 Å². The van der Waals surface area contributed by atoms with Gasteiger partial charge in [0, 0.05) is 17.7 Å². The van der Waals surface area contributed by atoms with Crippen LogP contribution in [0.3, 0.4) is 0 Å². The summed E-state index contributed by atoms with van der Waals surface area (Å²) in [6, 6.07) is 16.1. The van der Waals surface area contributed by atoms with Crippen molar-refractivity contribution >= 4 is 55.2 Å². The highest BCUT2D eigenvalue weighted by Gasteiger charge is 2.12. The predicted octanol–water partition coefficient (Wildman–Crippen LogP) is 5.09. The Kier molecular flexibility index (Phi) is 5.52. The third kappa shape index (κ3) is 4.21. The van der Waals surface area contributed by atoms with E-state index in [4.69, 9.17) is 10.1 Å². The fraction of sp³-hybridized carbons (Fsp3) is 0.250. The lowest BCUT2D eigenvalue weighted by Gasteiger charge is -2.11. The number of thioether (sulfide) groups is 1. The molecule has 0 aliphatic carbocycles. The van der Waals surface area contributed by atoms with E-state index in [9.17, 15) is 0 Å². The zero-order valence-corrected chi connectivity index (χ0v) is 16.6. The van der Waals surface area contributed by atoms with Gasteiger partial charge >= 0.3 is 0 Å². The summed E-state index contributed by atoms with van der Waals surface area (Å²) >= 11 is 3.24. The van der Waals surface area contributed by atoms with Gasteiger partial charge in [-0.15, -0.1) is 0 Å². The molecule has 0 aliphatic rings. The summed E-state index contributed by atoms with van der Waals surface area (Å²) < 4.78 is 1.14. The molecule has 1 unspecified atom stereocenters. The lowest BCUT2D eigenvalue weighted by atomic mass is 10.1. The Morgan fingerprint density at radius 2 is 1.81 bits per heavy atom. The average molecular weight is 397 g/mol. The smallest absolute Gasteiger partial charge is 0.190 e. The summed E-state index contributed by atoms with van der Waals surface area (Å²) in [5.41, 5.74) is 1.89. The van der Waals surface area contributed by atoms with Crippen molar-refractivity contribution in [1.82, 2.24) is 15.0 Å². The van der Waals surface area contributed by atoms with Crippen LogP contribution < -0.4 is 5.32 Å². The number of anilines is 2. The molecule has 0 spiro atoms. The van der Waals surface area contributed by atoms with Crippen molar-refractivity contribution in [2.45, 2.75) is 18.5 Å². The summed E-state index contributed by atoms with van der Waals surface area (Å²) in [5.74, 6) is 2.06. The number of aliphatic hydroxyl groups excluding tert-OH is 1. The Labute approximate surface area is 165 Å². The Bertz CT molecular complexity index is 1030. The fourth-order valence-corrected chi connectivity index (χ4v) is 4.55. The van der Waals surface area contributed by atoms with Crippen molar-refractivity contribution in [1.29, 1.82) is 0 Å². The summed E-state index contributed by atoms with van der Waals surface area (Å²) in [5, 5.41) is 15.0. The molecule has 0 saturated heterocycles. The molecule has 27 heavy (non-hydrogen) atoms. The van der Waals surface area contributed by atoms with Crippen molar-refractivity contribution < 1.29 is 5.11 Å². The van der Waals surface area contributed by atoms with Crippen molar-refractivity contribution in [2.24, 2.45) is 5.92 Å². The van der Waals surface area contributed by atoms with E-state index >= 15 is 0 Å². The second kappa shape index (κ2) is 8.21. The minimum atomic E-state index is 0.213. The molecular weight excluding hydrogens is 376 g/mol. The zero-order valence-electron chi connectivity index (χ0n) is 14.9. The standard InChI is InChI=1S/C20H20N4OS2/c1-13(10-11-25)12-26-19-21-15-7-3-2-6-14(15)18(23-19)24-20-22-16-8-4-5-9-17(16)27-20/h2-9,13,25H,10-12H2,1H3,(H,21,22,23,24). The number of thiazole rings is 1. The summed E-state index contributed by atoms with van der Waals surface area (Å²) in [4.78, 5) is 14.1. The van der Waals surface area contributed by atoms with E-state index in [1.165, 1.54) is 0 Å². The van der Waals surface area contributed by atoms with Gasteiger partial charge in [-0.25, -0.2) is 15.0 Å². The number of aliphatic hydroxyl groups is 1. The van der Waals surface area contributed by atoms with Gasteiger partial charge in [-0.2, -0.15) is 0 Å². The molecule has 138 valence electrons. The van der Waals surface area contributed by atoms with Crippen LogP contribution in [0.5, 0.6) is 0 Å². The first-order valence-corrected chi connectivity index (χ1v) is 10.7. The van der Waals surface area contributed by atoms with Crippen molar-refractivity contribution in [3.63, 3.8) is 0 Å². The molecule has 1 atom stereocenters. The van der Waals surface area contributed by atoms with E-state index in [1.54, 1.807) is 23.1 Å². The van der Waals surface area contributed by atoms with E-state index in [2.05, 4.69) is 28.3 Å². The van der Waals surface area contributed by atoms with Gasteiger partial charge in [-0.1, -0.05) is 54.3 Å². The van der Waals surface area contributed by atoms with Crippen LogP contribution in [-0.2, 0) is 0 Å². The quantitative estimate of drug-likeness (QED) is 0.335. The lowest BCUT2D eigenvalue weighted by Crippen LogP contribution is -2.03. The molecule has 0 bridgehead atoms. The van der Waals surface area contributed by atoms with Gasteiger partial charge < -0.3 is 10.4 Å². The number of benzene rings is 2. The molecule has 2 heterocycles. The number of rotatable bonds is 7. The zero-order chi connectivity index (χ0) is 18.6. The molecule has 5 nitrogen and oxygen atoms in total. The second-order valence-electron chi connectivity index (χ2n) is 6.41. The maximum Gasteiger partial charge on any atom is 0.190 e. The van der Waals surface area contributed by atoms with Gasteiger partial charge in [0.05, 0.1) is 15.7 Å². The van der Waals surface area contributed by atoms with Crippen LogP contribution in [0, 0.1) is 5.92 Å². The Hall–Kier alpha value is -2.22. The minimum Gasteiger partial charge on any atom is -0.396 e. The monoisotopic (exact) mass is 396 g/mol. The van der Waals surface area contributed by atoms with Gasteiger partial charge in [0.1, 0.15) is 5.82 Å². The predicted molar refractivity (Wildman–Crippen MR) is 114 cm³/mol. The second-order valence-corrected chi connectivity index (χ2v) is 8.43. The first kappa shape index (κ1) is 18.2. The normalized spacial score (nSPS) is 12.5. The first-order chi connectivity index (χ1) is 13.2. The van der Waals surface area contributed by atoms with Gasteiger partial charge in [-0.3, -0.25) is 0 Å². The molecule has 0 aliphatic heterocycles. The van der Waals surface area contributed by atoms with Gasteiger partial charge in [0.25, 0.3) is 0 Å². The highest BCUT2D eigenvalue weighted by atomic mass is 32.2. The van der Waals surface area contributed by atoms with E-state index < -0.39 is 0 Å². The SMILES string of the molecule is CC(CCO)CSc1nc(Nc2nc3ccccc3s2)c2ccccc2n1. The first-order valence-electron chi connectivity index (χ1n) is 8.86. The maximum atomic E-state index is 9.09. The molecule has 2 aromatic carbocycles. The fourth-order valence-electron chi connectivity index (χ4n) is 2.76. The summed E-state index contributed by atoms with van der Waals surface area (Å²) in [7, 11) is 0. The van der Waals surface area contributed by atoms with Gasteiger partial charge in [0.2, 0.25) is 0 Å². The Balaban J connectivity index is 1.65. The largest absolute Gasteiger partial charge is 0.396 e. The van der Waals surface area contributed by atoms with E-state index in [-0.39, 0.29) is 6.61 Å². The highest BCUT2D eigenvalue weighted by molar-refractivity contribution is 7.99. The lowest BCUT2D eigenvalue weighted by molar-refractivity contribution is 0.269. The van der Waals surface area contributed by atoms with Crippen LogP contribution in [-0.4, -0.2) is 32.4 Å². The van der Waals surface area contributed by atoms with Gasteiger partial charge in [0.15, 0.2) is 10.3 Å². The molecular formula is C20H20N4OS2. The molecule has 0 saturated carbocycles. The van der Waals surface area contributed by atoms with Crippen LogP contribution in [0.15, 0.2) is 53.7 Å². The number of aromatic nitrogens is 3. The van der Waals surface area contributed by atoms with Crippen molar-refractivity contribution in [3.8, 4) is 0 Å². The number of hydrogen-bond donors (Lipinski definition) is 2. The average Bonchev–Trinajstić information content (AvgIpc) is 3.09.